The number of aromatic amines is 1. The van der Waals surface area contributed by atoms with Crippen molar-refractivity contribution in [2.45, 2.75) is 20.0 Å². The molecule has 3 aromatic rings. The van der Waals surface area contributed by atoms with E-state index in [9.17, 15) is 4.79 Å². The van der Waals surface area contributed by atoms with Crippen LogP contribution in [0.2, 0.25) is 4.34 Å². The van der Waals surface area contributed by atoms with Crippen LogP contribution in [-0.4, -0.2) is 37.1 Å². The van der Waals surface area contributed by atoms with Crippen molar-refractivity contribution >= 4 is 28.8 Å². The Morgan fingerprint density at radius 3 is 2.96 bits per heavy atom. The van der Waals surface area contributed by atoms with Crippen molar-refractivity contribution in [1.82, 2.24) is 24.6 Å². The van der Waals surface area contributed by atoms with E-state index >= 15 is 0 Å². The number of thiophene rings is 1. The van der Waals surface area contributed by atoms with Gasteiger partial charge >= 0.3 is 0 Å². The Balaban J connectivity index is 1.62. The lowest BCUT2D eigenvalue weighted by Gasteiger charge is -2.27. The van der Waals surface area contributed by atoms with Crippen molar-refractivity contribution in [2.75, 3.05) is 6.54 Å². The van der Waals surface area contributed by atoms with Gasteiger partial charge in [0.25, 0.3) is 5.91 Å². The molecule has 0 aliphatic carbocycles. The summed E-state index contributed by atoms with van der Waals surface area (Å²) in [6.07, 6.45) is 3.59. The average molecular weight is 348 g/mol. The fraction of sp³-hybridized carbons (Fsp3) is 0.267. The summed E-state index contributed by atoms with van der Waals surface area (Å²) >= 11 is 7.48. The fourth-order valence-corrected chi connectivity index (χ4v) is 3.92. The minimum absolute atomic E-state index is 0.00215. The number of carbonyl (C=O) groups is 1. The summed E-state index contributed by atoms with van der Waals surface area (Å²) in [5, 5.41) is 8.23. The summed E-state index contributed by atoms with van der Waals surface area (Å²) in [6.45, 7) is 3.79. The first-order valence-electron chi connectivity index (χ1n) is 7.24. The van der Waals surface area contributed by atoms with Crippen molar-refractivity contribution in [3.63, 3.8) is 0 Å². The van der Waals surface area contributed by atoms with Crippen LogP contribution in [0.25, 0.3) is 10.4 Å². The average Bonchev–Trinajstić information content (AvgIpc) is 3.26. The number of rotatable bonds is 2. The number of hydrogen-bond donors (Lipinski definition) is 1. The summed E-state index contributed by atoms with van der Waals surface area (Å²) in [7, 11) is 0. The van der Waals surface area contributed by atoms with Gasteiger partial charge in [-0.25, -0.2) is 0 Å². The van der Waals surface area contributed by atoms with Gasteiger partial charge in [-0.2, -0.15) is 0 Å². The Hall–Kier alpha value is -2.12. The standard InChI is InChI=1S/C15H14ClN5OS/c1-9-18-19-14-8-20(4-5-21(9)14)15(22)11-7-17-6-10(11)12-2-3-13(16)23-12/h2-3,6-7,17H,4-5,8H2,1H3. The van der Waals surface area contributed by atoms with Gasteiger partial charge in [0.1, 0.15) is 5.82 Å². The van der Waals surface area contributed by atoms with Crippen LogP contribution in [-0.2, 0) is 13.1 Å². The number of fused-ring (bicyclic) bond motifs is 1. The molecular weight excluding hydrogens is 334 g/mol. The Bertz CT molecular complexity index is 880. The molecular formula is C15H14ClN5OS. The zero-order chi connectivity index (χ0) is 16.0. The molecule has 0 aromatic carbocycles. The van der Waals surface area contributed by atoms with Crippen LogP contribution in [0.3, 0.4) is 0 Å². The number of aryl methyl sites for hydroxylation is 1. The number of amides is 1. The highest BCUT2D eigenvalue weighted by Crippen LogP contribution is 2.33. The normalized spacial score (nSPS) is 14.1. The lowest BCUT2D eigenvalue weighted by Crippen LogP contribution is -2.38. The van der Waals surface area contributed by atoms with Gasteiger partial charge in [-0.1, -0.05) is 11.6 Å². The zero-order valence-electron chi connectivity index (χ0n) is 12.4. The molecule has 0 radical (unpaired) electrons. The molecule has 23 heavy (non-hydrogen) atoms. The molecule has 0 saturated heterocycles. The van der Waals surface area contributed by atoms with Gasteiger partial charge in [-0.15, -0.1) is 21.5 Å². The second-order valence-electron chi connectivity index (χ2n) is 5.43. The first-order chi connectivity index (χ1) is 11.1. The molecule has 118 valence electrons. The van der Waals surface area contributed by atoms with E-state index in [1.165, 1.54) is 11.3 Å². The maximum Gasteiger partial charge on any atom is 0.256 e. The zero-order valence-corrected chi connectivity index (χ0v) is 14.0. The van der Waals surface area contributed by atoms with Crippen LogP contribution in [0.15, 0.2) is 24.5 Å². The molecule has 8 heteroatoms. The highest BCUT2D eigenvalue weighted by molar-refractivity contribution is 7.19. The molecule has 0 unspecified atom stereocenters. The van der Waals surface area contributed by atoms with Crippen molar-refractivity contribution in [3.05, 3.63) is 46.1 Å². The number of H-pyrrole nitrogens is 1. The van der Waals surface area contributed by atoms with E-state index < -0.39 is 0 Å². The minimum atomic E-state index is -0.00215. The van der Waals surface area contributed by atoms with Gasteiger partial charge in [0.15, 0.2) is 5.82 Å². The Morgan fingerprint density at radius 2 is 2.17 bits per heavy atom. The third-order valence-corrected chi connectivity index (χ3v) is 5.30. The van der Waals surface area contributed by atoms with Gasteiger partial charge in [-0.05, 0) is 19.1 Å². The Labute approximate surface area is 141 Å². The number of carbonyl (C=O) groups excluding carboxylic acids is 1. The monoisotopic (exact) mass is 347 g/mol. The predicted molar refractivity (Wildman–Crippen MR) is 88.6 cm³/mol. The number of aromatic nitrogens is 4. The smallest absolute Gasteiger partial charge is 0.256 e. The van der Waals surface area contributed by atoms with E-state index in [0.717, 1.165) is 28.6 Å². The van der Waals surface area contributed by atoms with Gasteiger partial charge in [0, 0.05) is 35.9 Å². The van der Waals surface area contributed by atoms with Crippen molar-refractivity contribution in [2.24, 2.45) is 0 Å². The van der Waals surface area contributed by atoms with Crippen molar-refractivity contribution in [1.29, 1.82) is 0 Å². The molecule has 6 nitrogen and oxygen atoms in total. The van der Waals surface area contributed by atoms with E-state index in [1.54, 1.807) is 6.20 Å². The summed E-state index contributed by atoms with van der Waals surface area (Å²) < 4.78 is 2.77. The third kappa shape index (κ3) is 2.46. The number of halogens is 1. The van der Waals surface area contributed by atoms with E-state index in [-0.39, 0.29) is 5.91 Å². The van der Waals surface area contributed by atoms with Gasteiger partial charge in [0.05, 0.1) is 16.4 Å². The van der Waals surface area contributed by atoms with Gasteiger partial charge < -0.3 is 14.5 Å². The molecule has 1 aliphatic heterocycles. The van der Waals surface area contributed by atoms with Gasteiger partial charge in [-0.3, -0.25) is 4.79 Å². The molecule has 1 N–H and O–H groups in total. The molecule has 0 spiro atoms. The molecule has 4 heterocycles. The lowest BCUT2D eigenvalue weighted by molar-refractivity contribution is 0.0707. The number of nitrogens with one attached hydrogen (secondary N) is 1. The lowest BCUT2D eigenvalue weighted by atomic mass is 10.1. The summed E-state index contributed by atoms with van der Waals surface area (Å²) in [5.74, 6) is 1.72. The van der Waals surface area contributed by atoms with Crippen LogP contribution in [0.1, 0.15) is 22.0 Å². The first-order valence-corrected chi connectivity index (χ1v) is 8.43. The maximum absolute atomic E-state index is 12.9. The van der Waals surface area contributed by atoms with Crippen LogP contribution in [0, 0.1) is 6.92 Å². The molecule has 4 rings (SSSR count). The summed E-state index contributed by atoms with van der Waals surface area (Å²) in [5.41, 5.74) is 1.54. The molecule has 1 amide bonds. The minimum Gasteiger partial charge on any atom is -0.366 e. The van der Waals surface area contributed by atoms with Crippen LogP contribution in [0.5, 0.6) is 0 Å². The summed E-state index contributed by atoms with van der Waals surface area (Å²) in [6, 6.07) is 3.78. The Morgan fingerprint density at radius 1 is 1.30 bits per heavy atom. The Kier molecular flexibility index (Phi) is 3.46. The van der Waals surface area contributed by atoms with Crippen LogP contribution >= 0.6 is 22.9 Å². The number of nitrogens with zero attached hydrogens (tertiary/aromatic N) is 4. The van der Waals surface area contributed by atoms with Crippen molar-refractivity contribution in [3.8, 4) is 10.4 Å². The van der Waals surface area contributed by atoms with Gasteiger partial charge in [0.2, 0.25) is 0 Å². The van der Waals surface area contributed by atoms with Crippen LogP contribution < -0.4 is 0 Å². The van der Waals surface area contributed by atoms with E-state index in [0.29, 0.717) is 23.0 Å². The second kappa shape index (κ2) is 5.50. The van der Waals surface area contributed by atoms with Crippen molar-refractivity contribution < 1.29 is 4.79 Å². The highest BCUT2D eigenvalue weighted by Gasteiger charge is 2.26. The SMILES string of the molecule is Cc1nnc2n1CCN(C(=O)c1c[nH]cc1-c1ccc(Cl)s1)C2. The summed E-state index contributed by atoms with van der Waals surface area (Å²) in [4.78, 5) is 18.7. The predicted octanol–water partition coefficient (Wildman–Crippen LogP) is 2.95. The quantitative estimate of drug-likeness (QED) is 0.775. The largest absolute Gasteiger partial charge is 0.366 e. The first kappa shape index (κ1) is 14.5. The third-order valence-electron chi connectivity index (χ3n) is 4.04. The van der Waals surface area contributed by atoms with E-state index in [4.69, 9.17) is 11.6 Å². The molecule has 0 bridgehead atoms. The molecule has 0 atom stereocenters. The molecule has 1 aliphatic rings. The molecule has 3 aromatic heterocycles. The van der Waals surface area contributed by atoms with E-state index in [2.05, 4.69) is 19.7 Å². The fourth-order valence-electron chi connectivity index (χ4n) is 2.85. The topological polar surface area (TPSA) is 66.8 Å². The van der Waals surface area contributed by atoms with E-state index in [1.807, 2.05) is 30.2 Å². The number of hydrogen-bond acceptors (Lipinski definition) is 4. The molecule has 0 fully saturated rings. The molecule has 0 saturated carbocycles. The maximum atomic E-state index is 12.9. The van der Waals surface area contributed by atoms with Crippen LogP contribution in [0.4, 0.5) is 0 Å². The highest BCUT2D eigenvalue weighted by atomic mass is 35.5. The second-order valence-corrected chi connectivity index (χ2v) is 7.14.